The molecule has 0 saturated heterocycles. The van der Waals surface area contributed by atoms with Crippen molar-refractivity contribution in [1.29, 1.82) is 0 Å². The molecule has 0 aromatic heterocycles. The summed E-state index contributed by atoms with van der Waals surface area (Å²) in [6.45, 7) is 0. The van der Waals surface area contributed by atoms with E-state index in [9.17, 15) is 0 Å². The molecule has 1 aliphatic carbocycles. The number of halogens is 1. The zero-order valence-electron chi connectivity index (χ0n) is 8.10. The third-order valence-corrected chi connectivity index (χ3v) is 2.58. The second-order valence-corrected chi connectivity index (χ2v) is 3.35. The SMILES string of the molecule is COC1CC(N)C(N)CC1OC.Cl. The molecule has 4 atom stereocenters. The van der Waals surface area contributed by atoms with E-state index in [-0.39, 0.29) is 36.7 Å². The van der Waals surface area contributed by atoms with Crippen LogP contribution in [0.3, 0.4) is 0 Å². The molecule has 0 aromatic rings. The first-order valence-corrected chi connectivity index (χ1v) is 4.25. The Morgan fingerprint density at radius 1 is 0.923 bits per heavy atom. The van der Waals surface area contributed by atoms with E-state index in [1.165, 1.54) is 0 Å². The Kier molecular flexibility index (Phi) is 5.83. The second-order valence-electron chi connectivity index (χ2n) is 3.35. The van der Waals surface area contributed by atoms with Crippen LogP contribution < -0.4 is 11.5 Å². The molecule has 0 heterocycles. The smallest absolute Gasteiger partial charge is 0.0848 e. The molecule has 13 heavy (non-hydrogen) atoms. The third kappa shape index (κ3) is 3.07. The minimum Gasteiger partial charge on any atom is -0.379 e. The number of ether oxygens (including phenoxy) is 2. The van der Waals surface area contributed by atoms with E-state index >= 15 is 0 Å². The molecular weight excluding hydrogens is 192 g/mol. The van der Waals surface area contributed by atoms with Crippen LogP contribution in [0, 0.1) is 0 Å². The first kappa shape index (κ1) is 13.1. The van der Waals surface area contributed by atoms with E-state index in [1.54, 1.807) is 14.2 Å². The van der Waals surface area contributed by atoms with Gasteiger partial charge in [0.05, 0.1) is 12.2 Å². The van der Waals surface area contributed by atoms with Gasteiger partial charge in [0.15, 0.2) is 0 Å². The van der Waals surface area contributed by atoms with Crippen molar-refractivity contribution < 1.29 is 9.47 Å². The standard InChI is InChI=1S/C8H18N2O2.ClH/c1-11-7-3-5(9)6(10)4-8(7)12-2;/h5-8H,3-4,9-10H2,1-2H3;1H. The Bertz CT molecular complexity index is 132. The first-order chi connectivity index (χ1) is 5.69. The fourth-order valence-electron chi connectivity index (χ4n) is 1.69. The van der Waals surface area contributed by atoms with Crippen LogP contribution in [0.1, 0.15) is 12.8 Å². The molecule has 0 radical (unpaired) electrons. The summed E-state index contributed by atoms with van der Waals surface area (Å²) in [5, 5.41) is 0. The van der Waals surface area contributed by atoms with E-state index in [4.69, 9.17) is 20.9 Å². The van der Waals surface area contributed by atoms with E-state index in [2.05, 4.69) is 0 Å². The van der Waals surface area contributed by atoms with E-state index in [0.717, 1.165) is 12.8 Å². The topological polar surface area (TPSA) is 70.5 Å². The number of hydrogen-bond acceptors (Lipinski definition) is 4. The van der Waals surface area contributed by atoms with Crippen LogP contribution in [0.2, 0.25) is 0 Å². The van der Waals surface area contributed by atoms with Gasteiger partial charge in [-0.1, -0.05) is 0 Å². The lowest BCUT2D eigenvalue weighted by Gasteiger charge is -2.36. The highest BCUT2D eigenvalue weighted by atomic mass is 35.5. The van der Waals surface area contributed by atoms with Crippen molar-refractivity contribution >= 4 is 12.4 Å². The van der Waals surface area contributed by atoms with Crippen LogP contribution in [0.5, 0.6) is 0 Å². The molecule has 4 nitrogen and oxygen atoms in total. The predicted octanol–water partition coefficient (Wildman–Crippen LogP) is -0.113. The molecule has 1 saturated carbocycles. The monoisotopic (exact) mass is 210 g/mol. The average molecular weight is 211 g/mol. The van der Waals surface area contributed by atoms with Crippen LogP contribution >= 0.6 is 12.4 Å². The van der Waals surface area contributed by atoms with Crippen molar-refractivity contribution in [3.63, 3.8) is 0 Å². The van der Waals surface area contributed by atoms with E-state index in [0.29, 0.717) is 0 Å². The summed E-state index contributed by atoms with van der Waals surface area (Å²) >= 11 is 0. The minimum atomic E-state index is 0. The molecule has 0 aliphatic heterocycles. The predicted molar refractivity (Wildman–Crippen MR) is 54.0 cm³/mol. The number of nitrogens with two attached hydrogens (primary N) is 2. The molecule has 4 N–H and O–H groups in total. The van der Waals surface area contributed by atoms with Gasteiger partial charge in [-0.3, -0.25) is 0 Å². The summed E-state index contributed by atoms with van der Waals surface area (Å²) in [6, 6.07) is 0.0858. The van der Waals surface area contributed by atoms with Gasteiger partial charge in [0.2, 0.25) is 0 Å². The van der Waals surface area contributed by atoms with Gasteiger partial charge in [-0.2, -0.15) is 0 Å². The van der Waals surface area contributed by atoms with Crippen LogP contribution in [0.25, 0.3) is 0 Å². The lowest BCUT2D eigenvalue weighted by Crippen LogP contribution is -2.53. The van der Waals surface area contributed by atoms with Crippen molar-refractivity contribution in [1.82, 2.24) is 0 Å². The van der Waals surface area contributed by atoms with E-state index < -0.39 is 0 Å². The average Bonchev–Trinajstić information content (AvgIpc) is 2.09. The lowest BCUT2D eigenvalue weighted by molar-refractivity contribution is -0.0659. The highest BCUT2D eigenvalue weighted by Crippen LogP contribution is 2.21. The van der Waals surface area contributed by atoms with Gasteiger partial charge in [-0.25, -0.2) is 0 Å². The summed E-state index contributed by atoms with van der Waals surface area (Å²) in [6.07, 6.45) is 1.78. The van der Waals surface area contributed by atoms with Crippen molar-refractivity contribution in [2.75, 3.05) is 14.2 Å². The molecule has 1 fully saturated rings. The summed E-state index contributed by atoms with van der Waals surface area (Å²) in [5.74, 6) is 0. The molecule has 4 unspecified atom stereocenters. The number of rotatable bonds is 2. The molecule has 0 spiro atoms. The molecular formula is C8H19ClN2O2. The van der Waals surface area contributed by atoms with Crippen LogP contribution in [0.4, 0.5) is 0 Å². The zero-order valence-corrected chi connectivity index (χ0v) is 8.92. The van der Waals surface area contributed by atoms with Gasteiger partial charge in [0, 0.05) is 26.3 Å². The van der Waals surface area contributed by atoms with Crippen molar-refractivity contribution in [2.24, 2.45) is 11.5 Å². The molecule has 5 heteroatoms. The van der Waals surface area contributed by atoms with Gasteiger partial charge < -0.3 is 20.9 Å². The Morgan fingerprint density at radius 3 is 1.46 bits per heavy atom. The lowest BCUT2D eigenvalue weighted by atomic mass is 9.87. The third-order valence-electron chi connectivity index (χ3n) is 2.58. The largest absolute Gasteiger partial charge is 0.379 e. The van der Waals surface area contributed by atoms with Gasteiger partial charge in [0.1, 0.15) is 0 Å². The van der Waals surface area contributed by atoms with Gasteiger partial charge in [0.25, 0.3) is 0 Å². The molecule has 0 aromatic carbocycles. The van der Waals surface area contributed by atoms with Crippen LogP contribution in [-0.2, 0) is 9.47 Å². The molecule has 0 bridgehead atoms. The maximum atomic E-state index is 5.80. The zero-order chi connectivity index (χ0) is 9.14. The van der Waals surface area contributed by atoms with Gasteiger partial charge in [-0.05, 0) is 12.8 Å². The Balaban J connectivity index is 0.00000144. The Hall–Kier alpha value is 0.130. The van der Waals surface area contributed by atoms with Crippen LogP contribution in [0.15, 0.2) is 0 Å². The molecule has 80 valence electrons. The van der Waals surface area contributed by atoms with Crippen molar-refractivity contribution in [2.45, 2.75) is 37.1 Å². The molecule has 0 amide bonds. The Labute approximate surface area is 85.3 Å². The highest BCUT2D eigenvalue weighted by molar-refractivity contribution is 5.85. The molecule has 1 rings (SSSR count). The summed E-state index contributed by atoms with van der Waals surface area (Å²) in [5.41, 5.74) is 11.6. The van der Waals surface area contributed by atoms with Gasteiger partial charge >= 0.3 is 0 Å². The maximum Gasteiger partial charge on any atom is 0.0848 e. The van der Waals surface area contributed by atoms with Crippen molar-refractivity contribution in [3.8, 4) is 0 Å². The van der Waals surface area contributed by atoms with E-state index in [1.807, 2.05) is 0 Å². The summed E-state index contributed by atoms with van der Waals surface area (Å²) < 4.78 is 10.5. The quantitative estimate of drug-likeness (QED) is 0.667. The first-order valence-electron chi connectivity index (χ1n) is 4.25. The fourth-order valence-corrected chi connectivity index (χ4v) is 1.69. The summed E-state index contributed by atoms with van der Waals surface area (Å²) in [4.78, 5) is 0. The van der Waals surface area contributed by atoms with Crippen LogP contribution in [-0.4, -0.2) is 38.5 Å². The van der Waals surface area contributed by atoms with Gasteiger partial charge in [-0.15, -0.1) is 12.4 Å². The maximum absolute atomic E-state index is 5.80. The highest BCUT2D eigenvalue weighted by Gasteiger charge is 2.33. The number of methoxy groups -OCH3 is 2. The fraction of sp³-hybridized carbons (Fsp3) is 1.00. The number of hydrogen-bond donors (Lipinski definition) is 2. The second kappa shape index (κ2) is 5.78. The molecule has 1 aliphatic rings. The van der Waals surface area contributed by atoms with Crippen molar-refractivity contribution in [3.05, 3.63) is 0 Å². The minimum absolute atomic E-state index is 0. The summed E-state index contributed by atoms with van der Waals surface area (Å²) in [7, 11) is 3.36. The Morgan fingerprint density at radius 2 is 1.23 bits per heavy atom. The normalized spacial score (nSPS) is 39.7.